The first-order valence-electron chi connectivity index (χ1n) is 8.84. The van der Waals surface area contributed by atoms with E-state index in [9.17, 15) is 9.59 Å². The van der Waals surface area contributed by atoms with Crippen molar-refractivity contribution < 1.29 is 19.1 Å². The van der Waals surface area contributed by atoms with E-state index in [4.69, 9.17) is 9.47 Å². The van der Waals surface area contributed by atoms with Crippen LogP contribution in [0.5, 0.6) is 0 Å². The van der Waals surface area contributed by atoms with Crippen LogP contribution >= 0.6 is 0 Å². The van der Waals surface area contributed by atoms with Crippen molar-refractivity contribution in [2.45, 2.75) is 59.0 Å². The first-order chi connectivity index (χ1) is 11.4. The molecule has 0 aromatic rings. The average Bonchev–Trinajstić information content (AvgIpc) is 2.83. The zero-order chi connectivity index (χ0) is 17.7. The van der Waals surface area contributed by atoms with Gasteiger partial charge in [-0.25, -0.2) is 4.79 Å². The van der Waals surface area contributed by atoms with Gasteiger partial charge in [-0.15, -0.1) is 0 Å². The van der Waals surface area contributed by atoms with E-state index in [0.717, 1.165) is 37.7 Å². The molecule has 1 aliphatic carbocycles. The lowest BCUT2D eigenvalue weighted by atomic mass is 9.88. The molecule has 3 atom stereocenters. The Bertz CT molecular complexity index is 570. The van der Waals surface area contributed by atoms with Gasteiger partial charge in [0, 0.05) is 11.5 Å². The van der Waals surface area contributed by atoms with Crippen molar-refractivity contribution >= 4 is 11.9 Å². The third-order valence-corrected chi connectivity index (χ3v) is 4.97. The fourth-order valence-corrected chi connectivity index (χ4v) is 3.02. The molecule has 0 aromatic carbocycles. The maximum absolute atomic E-state index is 11.9. The summed E-state index contributed by atoms with van der Waals surface area (Å²) in [7, 11) is 0. The summed E-state index contributed by atoms with van der Waals surface area (Å²) in [6, 6.07) is 0. The van der Waals surface area contributed by atoms with E-state index in [-0.39, 0.29) is 36.5 Å². The molecule has 132 valence electrons. The number of rotatable bonds is 4. The molecule has 0 radical (unpaired) electrons. The zero-order valence-electron chi connectivity index (χ0n) is 15.0. The lowest BCUT2D eigenvalue weighted by Gasteiger charge is -2.19. The Morgan fingerprint density at radius 1 is 1.46 bits per heavy atom. The van der Waals surface area contributed by atoms with Crippen molar-refractivity contribution in [3.63, 3.8) is 0 Å². The van der Waals surface area contributed by atoms with E-state index in [1.165, 1.54) is 5.57 Å². The fraction of sp³-hybridized carbons (Fsp3) is 0.600. The fourth-order valence-electron chi connectivity index (χ4n) is 3.02. The molecule has 0 aromatic heterocycles. The van der Waals surface area contributed by atoms with Crippen LogP contribution in [0.2, 0.25) is 0 Å². The first-order valence-corrected chi connectivity index (χ1v) is 8.84. The highest BCUT2D eigenvalue weighted by atomic mass is 16.6. The molecule has 4 nitrogen and oxygen atoms in total. The van der Waals surface area contributed by atoms with E-state index in [1.807, 2.05) is 19.9 Å². The second-order valence-electron chi connectivity index (χ2n) is 6.87. The number of ether oxygens (including phenoxy) is 2. The zero-order valence-corrected chi connectivity index (χ0v) is 15.0. The molecule has 1 aliphatic heterocycles. The van der Waals surface area contributed by atoms with Gasteiger partial charge in [0.15, 0.2) is 0 Å². The van der Waals surface area contributed by atoms with Gasteiger partial charge < -0.3 is 9.47 Å². The summed E-state index contributed by atoms with van der Waals surface area (Å²) in [5.74, 6) is -0.562. The van der Waals surface area contributed by atoms with Crippen molar-refractivity contribution in [2.75, 3.05) is 6.61 Å². The van der Waals surface area contributed by atoms with Crippen LogP contribution in [-0.2, 0) is 19.1 Å². The number of esters is 2. The summed E-state index contributed by atoms with van der Waals surface area (Å²) in [5.41, 5.74) is 2.88. The molecule has 1 fully saturated rings. The third kappa shape index (κ3) is 4.59. The number of allylic oxidation sites excluding steroid dienone is 2. The molecule has 0 amide bonds. The second-order valence-corrected chi connectivity index (χ2v) is 6.87. The molecule has 1 saturated heterocycles. The van der Waals surface area contributed by atoms with Crippen molar-refractivity contribution in [3.8, 4) is 0 Å². The molecule has 0 N–H and O–H groups in total. The smallest absolute Gasteiger partial charge is 0.334 e. The van der Waals surface area contributed by atoms with Crippen LogP contribution in [0.4, 0.5) is 0 Å². The minimum absolute atomic E-state index is 0.0132. The SMILES string of the molecule is C=C1C(=O)O[C@@H]2/C=C(\COC(=O)[C@H](C)CC)CC/C=C(\C)CC[C@@H]12. The summed E-state index contributed by atoms with van der Waals surface area (Å²) in [6.45, 7) is 10.1. The molecule has 0 unspecified atom stereocenters. The van der Waals surface area contributed by atoms with Gasteiger partial charge in [0.05, 0.1) is 5.92 Å². The first kappa shape index (κ1) is 18.5. The minimum Gasteiger partial charge on any atom is -0.461 e. The molecule has 2 aliphatic rings. The summed E-state index contributed by atoms with van der Waals surface area (Å²) in [6.07, 6.45) is 8.19. The Morgan fingerprint density at radius 2 is 2.21 bits per heavy atom. The van der Waals surface area contributed by atoms with Gasteiger partial charge in [-0.05, 0) is 50.7 Å². The van der Waals surface area contributed by atoms with Crippen LogP contribution in [0.15, 0.2) is 35.5 Å². The Morgan fingerprint density at radius 3 is 2.92 bits per heavy atom. The topological polar surface area (TPSA) is 52.6 Å². The van der Waals surface area contributed by atoms with Crippen LogP contribution in [0, 0.1) is 11.8 Å². The molecule has 24 heavy (non-hydrogen) atoms. The Labute approximate surface area is 144 Å². The Kier molecular flexibility index (Phi) is 6.41. The number of hydrogen-bond donors (Lipinski definition) is 0. The quantitative estimate of drug-likeness (QED) is 0.441. The van der Waals surface area contributed by atoms with E-state index in [2.05, 4.69) is 19.6 Å². The minimum atomic E-state index is -0.307. The lowest BCUT2D eigenvalue weighted by Crippen LogP contribution is -2.19. The van der Waals surface area contributed by atoms with Crippen LogP contribution in [-0.4, -0.2) is 24.6 Å². The maximum atomic E-state index is 11.9. The van der Waals surface area contributed by atoms with Gasteiger partial charge in [0.1, 0.15) is 12.7 Å². The molecule has 2 rings (SSSR count). The monoisotopic (exact) mass is 332 g/mol. The Hall–Kier alpha value is -1.84. The second kappa shape index (κ2) is 8.32. The molecule has 1 heterocycles. The summed E-state index contributed by atoms with van der Waals surface area (Å²) in [4.78, 5) is 23.8. The largest absolute Gasteiger partial charge is 0.461 e. The van der Waals surface area contributed by atoms with Crippen molar-refractivity contribution in [2.24, 2.45) is 11.8 Å². The van der Waals surface area contributed by atoms with E-state index < -0.39 is 0 Å². The predicted octanol–water partition coefficient (Wildman–Crippen LogP) is 4.12. The van der Waals surface area contributed by atoms with Gasteiger partial charge in [-0.1, -0.05) is 32.1 Å². The van der Waals surface area contributed by atoms with Crippen LogP contribution in [0.1, 0.15) is 52.9 Å². The summed E-state index contributed by atoms with van der Waals surface area (Å²) >= 11 is 0. The molecule has 0 saturated carbocycles. The van der Waals surface area contributed by atoms with Crippen molar-refractivity contribution in [1.29, 1.82) is 0 Å². The van der Waals surface area contributed by atoms with Crippen LogP contribution in [0.3, 0.4) is 0 Å². The highest BCUT2D eigenvalue weighted by molar-refractivity contribution is 5.91. The molecule has 0 bridgehead atoms. The van der Waals surface area contributed by atoms with Crippen LogP contribution < -0.4 is 0 Å². The summed E-state index contributed by atoms with van der Waals surface area (Å²) < 4.78 is 10.9. The highest BCUT2D eigenvalue weighted by Crippen LogP contribution is 2.34. The van der Waals surface area contributed by atoms with Gasteiger partial charge in [-0.3, -0.25) is 4.79 Å². The number of hydrogen-bond acceptors (Lipinski definition) is 4. The van der Waals surface area contributed by atoms with E-state index in [1.54, 1.807) is 0 Å². The van der Waals surface area contributed by atoms with Crippen LogP contribution in [0.25, 0.3) is 0 Å². The highest BCUT2D eigenvalue weighted by Gasteiger charge is 2.37. The normalized spacial score (nSPS) is 30.3. The van der Waals surface area contributed by atoms with E-state index in [0.29, 0.717) is 5.57 Å². The number of carbonyl (C=O) groups is 2. The standard InChI is InChI=1S/C20H28O4/c1-5-14(3)19(21)23-12-16-8-6-7-13(2)9-10-17-15(4)20(22)24-18(17)11-16/h7,11,14,17-18H,4-6,8-10,12H2,1-3H3/b13-7+,16-11-/t14-,17+,18-/m1/s1. The third-order valence-electron chi connectivity index (χ3n) is 4.97. The summed E-state index contributed by atoms with van der Waals surface area (Å²) in [5, 5.41) is 0. The maximum Gasteiger partial charge on any atom is 0.334 e. The van der Waals surface area contributed by atoms with Gasteiger partial charge in [-0.2, -0.15) is 0 Å². The lowest BCUT2D eigenvalue weighted by molar-refractivity contribution is -0.147. The molecule has 4 heteroatoms. The van der Waals surface area contributed by atoms with Crippen molar-refractivity contribution in [3.05, 3.63) is 35.5 Å². The number of fused-ring (bicyclic) bond motifs is 1. The molecular weight excluding hydrogens is 304 g/mol. The Balaban J connectivity index is 2.13. The molecular formula is C20H28O4. The molecule has 0 spiro atoms. The van der Waals surface area contributed by atoms with Gasteiger partial charge >= 0.3 is 11.9 Å². The predicted molar refractivity (Wildman–Crippen MR) is 93.2 cm³/mol. The van der Waals surface area contributed by atoms with Gasteiger partial charge in [0.25, 0.3) is 0 Å². The average molecular weight is 332 g/mol. The van der Waals surface area contributed by atoms with Crippen molar-refractivity contribution in [1.82, 2.24) is 0 Å². The number of carbonyl (C=O) groups excluding carboxylic acids is 2. The van der Waals surface area contributed by atoms with E-state index >= 15 is 0 Å². The van der Waals surface area contributed by atoms with Gasteiger partial charge in [0.2, 0.25) is 0 Å².